The van der Waals surface area contributed by atoms with Crippen LogP contribution in [-0.2, 0) is 14.3 Å². The molecule has 0 saturated heterocycles. The van der Waals surface area contributed by atoms with Gasteiger partial charge in [-0.2, -0.15) is 0 Å². The molecular weight excluding hydrogens is 354 g/mol. The first-order valence-corrected chi connectivity index (χ1v) is 9.05. The topological polar surface area (TPSA) is 98.2 Å². The minimum absolute atomic E-state index is 0.0475. The molecule has 1 heterocycles. The van der Waals surface area contributed by atoms with Crippen molar-refractivity contribution in [3.8, 4) is 0 Å². The number of amides is 1. The summed E-state index contributed by atoms with van der Waals surface area (Å²) in [6.07, 6.45) is -0.156. The van der Waals surface area contributed by atoms with Crippen LogP contribution in [-0.4, -0.2) is 34.5 Å². The number of carbonyl (C=O) groups excluding carboxylic acids is 3. The standard InChI is InChI=1S/C18H21N3O4S/c1-11(2)17-20-21-18(26-17)19-15(23)8-9-16(24)25-10-14(22)13-6-4-12(3)5-7-13/h4-7,11H,8-10H2,1-3H3,(H,19,21,23). The number of rotatable bonds is 8. The van der Waals surface area contributed by atoms with Gasteiger partial charge in [0.15, 0.2) is 12.4 Å². The zero-order valence-electron chi connectivity index (χ0n) is 14.9. The molecule has 0 saturated carbocycles. The highest BCUT2D eigenvalue weighted by molar-refractivity contribution is 7.15. The van der Waals surface area contributed by atoms with Crippen molar-refractivity contribution >= 4 is 34.1 Å². The number of nitrogens with one attached hydrogen (secondary N) is 1. The Labute approximate surface area is 155 Å². The van der Waals surface area contributed by atoms with Gasteiger partial charge in [0.2, 0.25) is 11.0 Å². The Kier molecular flexibility index (Phi) is 6.97. The highest BCUT2D eigenvalue weighted by Crippen LogP contribution is 2.22. The highest BCUT2D eigenvalue weighted by Gasteiger charge is 2.14. The molecule has 0 aliphatic heterocycles. The van der Waals surface area contributed by atoms with Crippen molar-refractivity contribution in [3.63, 3.8) is 0 Å². The van der Waals surface area contributed by atoms with Gasteiger partial charge in [0.05, 0.1) is 6.42 Å². The van der Waals surface area contributed by atoms with Crippen LogP contribution in [0.3, 0.4) is 0 Å². The van der Waals surface area contributed by atoms with E-state index in [1.54, 1.807) is 12.1 Å². The third-order valence-electron chi connectivity index (χ3n) is 3.47. The molecule has 0 spiro atoms. The van der Waals surface area contributed by atoms with E-state index in [-0.39, 0.29) is 37.1 Å². The van der Waals surface area contributed by atoms with Crippen molar-refractivity contribution < 1.29 is 19.1 Å². The molecule has 8 heteroatoms. The number of Topliss-reactive ketones (excluding diaryl/α,β-unsaturated/α-hetero) is 1. The van der Waals surface area contributed by atoms with Crippen LogP contribution in [0.5, 0.6) is 0 Å². The average Bonchev–Trinajstić information content (AvgIpc) is 3.07. The monoisotopic (exact) mass is 375 g/mol. The van der Waals surface area contributed by atoms with E-state index in [0.717, 1.165) is 10.6 Å². The second kappa shape index (κ2) is 9.19. The molecule has 7 nitrogen and oxygen atoms in total. The van der Waals surface area contributed by atoms with Crippen molar-refractivity contribution in [1.29, 1.82) is 0 Å². The van der Waals surface area contributed by atoms with E-state index < -0.39 is 5.97 Å². The second-order valence-corrected chi connectivity index (χ2v) is 7.11. The fraction of sp³-hybridized carbons (Fsp3) is 0.389. The van der Waals surface area contributed by atoms with Crippen LogP contribution in [0.2, 0.25) is 0 Å². The van der Waals surface area contributed by atoms with Crippen LogP contribution >= 0.6 is 11.3 Å². The smallest absolute Gasteiger partial charge is 0.306 e. The molecule has 0 aliphatic carbocycles. The Hall–Kier alpha value is -2.61. The molecule has 1 aromatic heterocycles. The van der Waals surface area contributed by atoms with Crippen molar-refractivity contribution in [2.75, 3.05) is 11.9 Å². The van der Waals surface area contributed by atoms with E-state index in [1.165, 1.54) is 11.3 Å². The number of aryl methyl sites for hydroxylation is 1. The lowest BCUT2D eigenvalue weighted by atomic mass is 10.1. The Morgan fingerprint density at radius 3 is 2.42 bits per heavy atom. The minimum atomic E-state index is -0.597. The maximum absolute atomic E-state index is 11.9. The number of anilines is 1. The molecular formula is C18H21N3O4S. The number of benzene rings is 1. The van der Waals surface area contributed by atoms with Crippen LogP contribution in [0.4, 0.5) is 5.13 Å². The average molecular weight is 375 g/mol. The first-order valence-electron chi connectivity index (χ1n) is 8.24. The van der Waals surface area contributed by atoms with Crippen LogP contribution in [0.15, 0.2) is 24.3 Å². The van der Waals surface area contributed by atoms with Crippen LogP contribution < -0.4 is 5.32 Å². The van der Waals surface area contributed by atoms with Crippen molar-refractivity contribution in [2.24, 2.45) is 0 Å². The molecule has 0 atom stereocenters. The summed E-state index contributed by atoms with van der Waals surface area (Å²) in [7, 11) is 0. The third kappa shape index (κ3) is 6.03. The number of ether oxygens (including phenoxy) is 1. The lowest BCUT2D eigenvalue weighted by molar-refractivity contribution is -0.143. The SMILES string of the molecule is Cc1ccc(C(=O)COC(=O)CCC(=O)Nc2nnc(C(C)C)s2)cc1. The summed E-state index contributed by atoms with van der Waals surface area (Å²) in [5.74, 6) is -0.990. The number of hydrogen-bond donors (Lipinski definition) is 1. The minimum Gasteiger partial charge on any atom is -0.457 e. The molecule has 2 aromatic rings. The van der Waals surface area contributed by atoms with Gasteiger partial charge in [0, 0.05) is 17.9 Å². The Morgan fingerprint density at radius 1 is 1.12 bits per heavy atom. The Morgan fingerprint density at radius 2 is 1.81 bits per heavy atom. The van der Waals surface area contributed by atoms with Crippen molar-refractivity contribution in [3.05, 3.63) is 40.4 Å². The first-order chi connectivity index (χ1) is 12.3. The molecule has 0 fully saturated rings. The van der Waals surface area contributed by atoms with Crippen LogP contribution in [0, 0.1) is 6.92 Å². The first kappa shape index (κ1) is 19.7. The van der Waals surface area contributed by atoms with E-state index in [9.17, 15) is 14.4 Å². The van der Waals surface area contributed by atoms with Gasteiger partial charge in [0.1, 0.15) is 5.01 Å². The number of hydrogen-bond acceptors (Lipinski definition) is 7. The zero-order chi connectivity index (χ0) is 19.1. The van der Waals surface area contributed by atoms with Crippen molar-refractivity contribution in [2.45, 2.75) is 39.5 Å². The predicted octanol–water partition coefficient (Wildman–Crippen LogP) is 3.11. The van der Waals surface area contributed by atoms with E-state index in [0.29, 0.717) is 10.7 Å². The van der Waals surface area contributed by atoms with Crippen LogP contribution in [0.25, 0.3) is 0 Å². The lowest BCUT2D eigenvalue weighted by Crippen LogP contribution is -2.17. The lowest BCUT2D eigenvalue weighted by Gasteiger charge is -2.05. The molecule has 0 unspecified atom stereocenters. The largest absolute Gasteiger partial charge is 0.457 e. The molecule has 1 aromatic carbocycles. The summed E-state index contributed by atoms with van der Waals surface area (Å²) >= 11 is 1.30. The molecule has 0 bridgehead atoms. The van der Waals surface area contributed by atoms with E-state index in [2.05, 4.69) is 15.5 Å². The number of aromatic nitrogens is 2. The van der Waals surface area contributed by atoms with Gasteiger partial charge in [-0.25, -0.2) is 0 Å². The maximum atomic E-state index is 11.9. The number of ketones is 1. The molecule has 0 aliphatic rings. The molecule has 1 amide bonds. The molecule has 1 N–H and O–H groups in total. The summed E-state index contributed by atoms with van der Waals surface area (Å²) in [4.78, 5) is 35.5. The highest BCUT2D eigenvalue weighted by atomic mass is 32.1. The third-order valence-corrected chi connectivity index (χ3v) is 4.61. The second-order valence-electron chi connectivity index (χ2n) is 6.10. The fourth-order valence-electron chi connectivity index (χ4n) is 1.96. The van der Waals surface area contributed by atoms with Gasteiger partial charge >= 0.3 is 5.97 Å². The van der Waals surface area contributed by atoms with Gasteiger partial charge in [-0.05, 0) is 6.92 Å². The summed E-state index contributed by atoms with van der Waals surface area (Å²) in [5.41, 5.74) is 1.53. The van der Waals surface area contributed by atoms with E-state index in [1.807, 2.05) is 32.9 Å². The summed E-state index contributed by atoms with van der Waals surface area (Å²) in [6.45, 7) is 5.56. The predicted molar refractivity (Wildman–Crippen MR) is 98.3 cm³/mol. The molecule has 0 radical (unpaired) electrons. The zero-order valence-corrected chi connectivity index (χ0v) is 15.8. The van der Waals surface area contributed by atoms with Crippen molar-refractivity contribution in [1.82, 2.24) is 10.2 Å². The summed E-state index contributed by atoms with van der Waals surface area (Å²) < 4.78 is 4.93. The molecule has 2 rings (SSSR count). The van der Waals surface area contributed by atoms with Gasteiger partial charge in [-0.1, -0.05) is 55.0 Å². The van der Waals surface area contributed by atoms with Gasteiger partial charge in [0.25, 0.3) is 0 Å². The normalized spacial score (nSPS) is 10.6. The number of esters is 1. The quantitative estimate of drug-likeness (QED) is 0.562. The fourth-order valence-corrected chi connectivity index (χ4v) is 2.72. The van der Waals surface area contributed by atoms with Gasteiger partial charge in [-0.3, -0.25) is 14.4 Å². The molecule has 138 valence electrons. The Bertz CT molecular complexity index is 784. The number of carbonyl (C=O) groups is 3. The summed E-state index contributed by atoms with van der Waals surface area (Å²) in [6, 6.07) is 7.01. The summed E-state index contributed by atoms with van der Waals surface area (Å²) in [5, 5.41) is 11.7. The van der Waals surface area contributed by atoms with Gasteiger partial charge < -0.3 is 10.1 Å². The van der Waals surface area contributed by atoms with E-state index in [4.69, 9.17) is 4.74 Å². The van der Waals surface area contributed by atoms with Gasteiger partial charge in [-0.15, -0.1) is 10.2 Å². The molecule has 26 heavy (non-hydrogen) atoms. The number of nitrogens with zero attached hydrogens (tertiary/aromatic N) is 2. The van der Waals surface area contributed by atoms with E-state index >= 15 is 0 Å². The Balaban J connectivity index is 1.71. The maximum Gasteiger partial charge on any atom is 0.306 e. The van der Waals surface area contributed by atoms with Crippen LogP contribution in [0.1, 0.15) is 53.5 Å².